The minimum absolute atomic E-state index is 0.0928. The Morgan fingerprint density at radius 1 is 1.00 bits per heavy atom. The van der Waals surface area contributed by atoms with Gasteiger partial charge in [0.05, 0.1) is 0 Å². The summed E-state index contributed by atoms with van der Waals surface area (Å²) in [6, 6.07) is 17.1. The monoisotopic (exact) mass is 465 g/mol. The largest absolute Gasteiger partial charge is 0.449 e. The molecule has 1 aliphatic carbocycles. The lowest BCUT2D eigenvalue weighted by Crippen LogP contribution is -2.40. The number of rotatable bonds is 5. The summed E-state index contributed by atoms with van der Waals surface area (Å²) in [5.74, 6) is -0.0928. The summed E-state index contributed by atoms with van der Waals surface area (Å²) in [5.41, 5.74) is 3.03. The van der Waals surface area contributed by atoms with Crippen LogP contribution in [0.3, 0.4) is 0 Å². The highest BCUT2D eigenvalue weighted by Crippen LogP contribution is 2.44. The fourth-order valence-electron chi connectivity index (χ4n) is 4.59. The Balaban J connectivity index is 1.20. The van der Waals surface area contributed by atoms with Gasteiger partial charge >= 0.3 is 11.8 Å². The number of hydrogen-bond donors (Lipinski definition) is 4. The fraction of sp³-hybridized carbons (Fsp3) is 0.292. The molecule has 1 aliphatic heterocycles. The molecule has 2 aliphatic rings. The first-order valence-corrected chi connectivity index (χ1v) is 10.9. The van der Waals surface area contributed by atoms with Gasteiger partial charge in [0.25, 0.3) is 5.56 Å². The zero-order valence-corrected chi connectivity index (χ0v) is 18.0. The summed E-state index contributed by atoms with van der Waals surface area (Å²) < 4.78 is 12.0. The van der Waals surface area contributed by atoms with E-state index in [1.165, 1.54) is 6.20 Å². The van der Waals surface area contributed by atoms with Crippen LogP contribution in [0, 0.1) is 0 Å². The van der Waals surface area contributed by atoms with E-state index in [4.69, 9.17) is 9.47 Å². The highest BCUT2D eigenvalue weighted by atomic mass is 16.6. The van der Waals surface area contributed by atoms with Crippen molar-refractivity contribution in [3.63, 3.8) is 0 Å². The Labute approximate surface area is 193 Å². The van der Waals surface area contributed by atoms with Gasteiger partial charge in [0.15, 0.2) is 6.23 Å². The number of fused-ring (bicyclic) bond motifs is 3. The molecule has 1 saturated heterocycles. The molecule has 1 amide bonds. The molecule has 1 aromatic heterocycles. The van der Waals surface area contributed by atoms with Crippen LogP contribution in [0.25, 0.3) is 11.1 Å². The van der Waals surface area contributed by atoms with Crippen molar-refractivity contribution in [1.82, 2.24) is 14.9 Å². The lowest BCUT2D eigenvalue weighted by atomic mass is 9.98. The first-order chi connectivity index (χ1) is 16.4. The maximum absolute atomic E-state index is 12.4. The number of carbonyl (C=O) groups excluding carboxylic acids is 1. The molecule has 34 heavy (non-hydrogen) atoms. The molecule has 0 bridgehead atoms. The Kier molecular flexibility index (Phi) is 5.78. The third-order valence-corrected chi connectivity index (χ3v) is 6.25. The quantitative estimate of drug-likeness (QED) is 0.434. The second-order valence-corrected chi connectivity index (χ2v) is 8.27. The smallest absolute Gasteiger partial charge is 0.407 e. The summed E-state index contributed by atoms with van der Waals surface area (Å²) in [6.45, 7) is -0.0184. The highest BCUT2D eigenvalue weighted by molar-refractivity contribution is 5.79. The summed E-state index contributed by atoms with van der Waals surface area (Å²) >= 11 is 0. The van der Waals surface area contributed by atoms with E-state index >= 15 is 0 Å². The van der Waals surface area contributed by atoms with Crippen LogP contribution in [-0.4, -0.2) is 57.3 Å². The van der Waals surface area contributed by atoms with Crippen molar-refractivity contribution in [3.8, 4) is 11.1 Å². The summed E-state index contributed by atoms with van der Waals surface area (Å²) in [6.07, 6.45) is -4.52. The van der Waals surface area contributed by atoms with E-state index in [9.17, 15) is 24.6 Å². The van der Waals surface area contributed by atoms with Crippen molar-refractivity contribution in [2.45, 2.75) is 30.5 Å². The number of benzene rings is 2. The highest BCUT2D eigenvalue weighted by Gasteiger charge is 2.44. The number of ether oxygens (including phenoxy) is 2. The van der Waals surface area contributed by atoms with Gasteiger partial charge in [-0.15, -0.1) is 0 Å². The van der Waals surface area contributed by atoms with Gasteiger partial charge in [-0.1, -0.05) is 48.5 Å². The van der Waals surface area contributed by atoms with Crippen LogP contribution in [0.5, 0.6) is 0 Å². The number of H-pyrrole nitrogens is 1. The number of aliphatic hydroxyl groups is 2. The van der Waals surface area contributed by atoms with Crippen molar-refractivity contribution >= 4 is 6.09 Å². The number of alkyl carbamates (subject to hydrolysis) is 1. The van der Waals surface area contributed by atoms with Gasteiger partial charge in [-0.05, 0) is 22.3 Å². The van der Waals surface area contributed by atoms with Gasteiger partial charge in [-0.2, -0.15) is 0 Å². The van der Waals surface area contributed by atoms with E-state index < -0.39 is 41.9 Å². The van der Waals surface area contributed by atoms with Crippen LogP contribution in [0.4, 0.5) is 4.79 Å². The minimum atomic E-state index is -1.43. The molecule has 10 nitrogen and oxygen atoms in total. The van der Waals surface area contributed by atoms with Crippen LogP contribution in [0.15, 0.2) is 70.4 Å². The van der Waals surface area contributed by atoms with E-state index in [1.807, 2.05) is 48.5 Å². The van der Waals surface area contributed by atoms with Crippen LogP contribution >= 0.6 is 0 Å². The number of hydrogen-bond acceptors (Lipinski definition) is 7. The number of aromatic nitrogens is 2. The lowest BCUT2D eigenvalue weighted by molar-refractivity contribution is -0.0390. The summed E-state index contributed by atoms with van der Waals surface area (Å²) in [7, 11) is 0. The molecule has 5 rings (SSSR count). The van der Waals surface area contributed by atoms with Crippen LogP contribution in [0.2, 0.25) is 0 Å². The molecule has 4 N–H and O–H groups in total. The van der Waals surface area contributed by atoms with Gasteiger partial charge in [-0.25, -0.2) is 9.59 Å². The van der Waals surface area contributed by atoms with Crippen LogP contribution in [-0.2, 0) is 9.47 Å². The third-order valence-electron chi connectivity index (χ3n) is 6.25. The maximum Gasteiger partial charge on any atom is 0.407 e. The molecule has 4 atom stereocenters. The number of aliphatic hydroxyl groups excluding tert-OH is 2. The van der Waals surface area contributed by atoms with Gasteiger partial charge in [-0.3, -0.25) is 14.3 Å². The van der Waals surface area contributed by atoms with E-state index in [1.54, 1.807) is 0 Å². The average molecular weight is 465 g/mol. The van der Waals surface area contributed by atoms with Crippen molar-refractivity contribution in [2.24, 2.45) is 0 Å². The third kappa shape index (κ3) is 3.92. The second-order valence-electron chi connectivity index (χ2n) is 8.27. The Morgan fingerprint density at radius 3 is 2.29 bits per heavy atom. The molecule has 0 saturated carbocycles. The molecular weight excluding hydrogens is 442 g/mol. The van der Waals surface area contributed by atoms with Gasteiger partial charge < -0.3 is 25.0 Å². The molecule has 0 unspecified atom stereocenters. The van der Waals surface area contributed by atoms with Gasteiger partial charge in [0.1, 0.15) is 24.9 Å². The molecular formula is C24H23N3O7. The number of aromatic amines is 1. The topological polar surface area (TPSA) is 143 Å². The van der Waals surface area contributed by atoms with E-state index in [0.29, 0.717) is 0 Å². The number of nitrogens with zero attached hydrogens (tertiary/aromatic N) is 1. The van der Waals surface area contributed by atoms with Crippen molar-refractivity contribution in [1.29, 1.82) is 0 Å². The second kappa shape index (κ2) is 8.90. The van der Waals surface area contributed by atoms with Crippen LogP contribution < -0.4 is 16.6 Å². The van der Waals surface area contributed by atoms with Crippen LogP contribution in [0.1, 0.15) is 23.3 Å². The van der Waals surface area contributed by atoms with Gasteiger partial charge in [0, 0.05) is 24.7 Å². The minimum Gasteiger partial charge on any atom is -0.449 e. The molecule has 1 fully saturated rings. The van der Waals surface area contributed by atoms with Crippen molar-refractivity contribution in [3.05, 3.63) is 92.8 Å². The SMILES string of the molecule is O=C(NC[C@H]1O[C@@H](n2ccc(=O)[nH]c2=O)[C@H](O)[C@@H]1O)OCC1c2ccccc2-c2ccccc21. The van der Waals surface area contributed by atoms with Crippen molar-refractivity contribution < 1.29 is 24.5 Å². The van der Waals surface area contributed by atoms with Crippen molar-refractivity contribution in [2.75, 3.05) is 13.2 Å². The first kappa shape index (κ1) is 22.1. The summed E-state index contributed by atoms with van der Waals surface area (Å²) in [4.78, 5) is 37.7. The van der Waals surface area contributed by atoms with E-state index in [2.05, 4.69) is 10.3 Å². The lowest BCUT2D eigenvalue weighted by Gasteiger charge is -2.17. The average Bonchev–Trinajstić information content (AvgIpc) is 3.31. The Morgan fingerprint density at radius 2 is 1.65 bits per heavy atom. The number of amides is 1. The molecule has 0 radical (unpaired) electrons. The first-order valence-electron chi connectivity index (χ1n) is 10.9. The van der Waals surface area contributed by atoms with E-state index in [0.717, 1.165) is 32.9 Å². The zero-order chi connectivity index (χ0) is 23.8. The fourth-order valence-corrected chi connectivity index (χ4v) is 4.59. The molecule has 10 heteroatoms. The Bertz CT molecular complexity index is 1290. The molecule has 2 aromatic carbocycles. The molecule has 0 spiro atoms. The standard InChI is InChI=1S/C24H23N3O7/c28-19-9-10-27(23(31)26-19)22-21(30)20(29)18(34-22)11-25-24(32)33-12-17-15-7-3-1-5-13(15)14-6-2-4-8-16(14)17/h1-10,17-18,20-22,29-30H,11-12H2,(H,25,32)(H,26,28,31)/t18-,20-,21-,22-/m1/s1. The number of carbonyl (C=O) groups is 1. The molecule has 176 valence electrons. The predicted octanol–water partition coefficient (Wildman–Crippen LogP) is 0.695. The Hall–Kier alpha value is -3.73. The summed E-state index contributed by atoms with van der Waals surface area (Å²) in [5, 5.41) is 23.2. The number of nitrogens with one attached hydrogen (secondary N) is 2. The maximum atomic E-state index is 12.4. The van der Waals surface area contributed by atoms with Gasteiger partial charge in [0.2, 0.25) is 0 Å². The normalized spacial score (nSPS) is 23.4. The zero-order valence-electron chi connectivity index (χ0n) is 18.0. The van der Waals surface area contributed by atoms with E-state index in [-0.39, 0.29) is 19.1 Å². The molecule has 3 aromatic rings. The molecule has 2 heterocycles. The predicted molar refractivity (Wildman–Crippen MR) is 120 cm³/mol.